The van der Waals surface area contributed by atoms with Crippen LogP contribution in [0.15, 0.2) is 279 Å². The quantitative estimate of drug-likeness (QED) is 0.133. The van der Waals surface area contributed by atoms with Crippen molar-refractivity contribution in [3.8, 4) is 77.9 Å². The molecule has 0 N–H and O–H groups in total. The monoisotopic (exact) mass is 996 g/mol. The first-order valence-electron chi connectivity index (χ1n) is 28.0. The number of hydrogen-bond donors (Lipinski definition) is 0. The van der Waals surface area contributed by atoms with Crippen molar-refractivity contribution in [3.63, 3.8) is 0 Å². The van der Waals surface area contributed by atoms with E-state index in [1.54, 1.807) is 0 Å². The predicted octanol–water partition coefficient (Wildman–Crippen LogP) is 18.4. The van der Waals surface area contributed by atoms with Crippen molar-refractivity contribution in [1.82, 2.24) is 0 Å². The van der Waals surface area contributed by atoms with Gasteiger partial charge >= 0.3 is 0 Å². The summed E-state index contributed by atoms with van der Waals surface area (Å²) in [5.74, 6) is 0. The molecule has 368 valence electrons. The fourth-order valence-electron chi connectivity index (χ4n) is 12.7. The van der Waals surface area contributed by atoms with Gasteiger partial charge in [0.05, 0.1) is 14.1 Å². The van der Waals surface area contributed by atoms with E-state index in [-0.39, 0.29) is 6.71 Å². The molecular formula is C75H55BN2. The van der Waals surface area contributed by atoms with Crippen molar-refractivity contribution >= 4 is 57.2 Å². The molecule has 12 aromatic carbocycles. The molecule has 0 saturated heterocycles. The van der Waals surface area contributed by atoms with Crippen LogP contribution in [0.5, 0.6) is 0 Å². The molecular weight excluding hydrogens is 940 g/mol. The number of fused-ring (bicyclic) bond motifs is 4. The van der Waals surface area contributed by atoms with Crippen molar-refractivity contribution in [3.05, 3.63) is 296 Å². The predicted molar refractivity (Wildman–Crippen MR) is 333 cm³/mol. The van der Waals surface area contributed by atoms with Gasteiger partial charge in [0.25, 0.3) is 6.71 Å². The molecule has 12 aromatic rings. The summed E-state index contributed by atoms with van der Waals surface area (Å²) >= 11 is 0. The number of para-hydroxylation sites is 2. The summed E-state index contributed by atoms with van der Waals surface area (Å²) in [6, 6.07) is 96.9. The number of anilines is 6. The highest BCUT2D eigenvalue weighted by Gasteiger charge is 2.45. The van der Waals surface area contributed by atoms with Gasteiger partial charge in [-0.3, -0.25) is 0 Å². The molecule has 0 unspecified atom stereocenters. The summed E-state index contributed by atoms with van der Waals surface area (Å²) in [4.78, 5) is 5.13. The maximum Gasteiger partial charge on any atom is 0.252 e. The van der Waals surface area contributed by atoms with Crippen LogP contribution >= 0.6 is 0 Å². The molecule has 14 rings (SSSR count). The Morgan fingerprint density at radius 1 is 0.295 bits per heavy atom. The third-order valence-electron chi connectivity index (χ3n) is 16.0. The number of nitrogens with zero attached hydrogens (tertiary/aromatic N) is 2. The summed E-state index contributed by atoms with van der Waals surface area (Å²) in [5.41, 5.74) is 28.3. The summed E-state index contributed by atoms with van der Waals surface area (Å²) in [7, 11) is 0. The average molecular weight is 997 g/mol. The molecule has 0 amide bonds. The van der Waals surface area contributed by atoms with Crippen molar-refractivity contribution in [2.45, 2.75) is 20.8 Å². The second-order valence-corrected chi connectivity index (χ2v) is 20.8. The van der Waals surface area contributed by atoms with Gasteiger partial charge in [0.2, 0.25) is 0 Å². The third kappa shape index (κ3) is 7.97. The topological polar surface area (TPSA) is 6.48 Å². The standard InChI is InChI=1S/C75H55BN2/c1-50-44-51(2)72(52(3)45-50)61-48-70-73-71(49-61)78(75-64(57-32-18-8-19-33-57)38-23-39-65(75)58-34-20-9-21-35-58)69-47-60(54-26-12-5-13-27-54)41-43-67(69)76(73)66-42-40-59(53-24-10-4-11-25-53)46-68(66)77(70)74-62(55-28-14-6-15-29-55)36-22-37-63(74)56-30-16-7-17-31-56/h4-49H,1-3H3/i22D,23D. The van der Waals surface area contributed by atoms with Gasteiger partial charge in [-0.25, -0.2) is 0 Å². The lowest BCUT2D eigenvalue weighted by atomic mass is 9.33. The number of hydrogen-bond acceptors (Lipinski definition) is 2. The van der Waals surface area contributed by atoms with E-state index in [4.69, 9.17) is 0 Å². The van der Waals surface area contributed by atoms with E-state index in [1.807, 2.05) is 0 Å². The molecule has 78 heavy (non-hydrogen) atoms. The summed E-state index contributed by atoms with van der Waals surface area (Å²) < 4.78 is 19.2. The zero-order valence-electron chi connectivity index (χ0n) is 45.9. The Balaban J connectivity index is 1.20. The molecule has 3 heteroatoms. The Morgan fingerprint density at radius 3 is 0.936 bits per heavy atom. The Kier molecular flexibility index (Phi) is 11.1. The molecule has 2 aliphatic rings. The first-order valence-corrected chi connectivity index (χ1v) is 27.0. The largest absolute Gasteiger partial charge is 0.310 e. The third-order valence-corrected chi connectivity index (χ3v) is 16.0. The van der Waals surface area contributed by atoms with Gasteiger partial charge in [0.1, 0.15) is 0 Å². The van der Waals surface area contributed by atoms with Crippen LogP contribution in [-0.4, -0.2) is 6.71 Å². The Morgan fingerprint density at radius 2 is 0.603 bits per heavy atom. The normalized spacial score (nSPS) is 12.6. The smallest absolute Gasteiger partial charge is 0.252 e. The minimum Gasteiger partial charge on any atom is -0.310 e. The average Bonchev–Trinajstić information content (AvgIpc) is 3.67. The van der Waals surface area contributed by atoms with Gasteiger partial charge in [-0.2, -0.15) is 0 Å². The van der Waals surface area contributed by atoms with Gasteiger partial charge < -0.3 is 9.80 Å². The van der Waals surface area contributed by atoms with Crippen molar-refractivity contribution in [1.29, 1.82) is 0 Å². The van der Waals surface area contributed by atoms with Gasteiger partial charge in [-0.1, -0.05) is 260 Å². The van der Waals surface area contributed by atoms with Gasteiger partial charge in [-0.15, -0.1) is 0 Å². The van der Waals surface area contributed by atoms with E-state index in [9.17, 15) is 2.74 Å². The highest BCUT2D eigenvalue weighted by molar-refractivity contribution is 7.00. The Bertz CT molecular complexity index is 3950. The lowest BCUT2D eigenvalue weighted by Crippen LogP contribution is -2.61. The molecule has 0 saturated carbocycles. The number of rotatable bonds is 9. The maximum atomic E-state index is 9.58. The first-order chi connectivity index (χ1) is 39.3. The SMILES string of the molecule is [2H]c1cc(-c2ccccc2)c(N2c3cc(-c4ccccc4)ccc3B3c4ccc(-c5ccccc5)cc4N(c4c(-c5ccccc5)cc([2H])cc4-c4ccccc4)c4cc(-c5c(C)cc(C)cc5C)cc2c43)c(-c2ccccc2)c1. The molecule has 0 fully saturated rings. The van der Waals surface area contributed by atoms with Gasteiger partial charge in [0, 0.05) is 45.0 Å². The zero-order valence-corrected chi connectivity index (χ0v) is 43.9. The van der Waals surface area contributed by atoms with Crippen LogP contribution in [0.25, 0.3) is 77.9 Å². The van der Waals surface area contributed by atoms with Crippen LogP contribution in [0, 0.1) is 20.8 Å². The fraction of sp³-hybridized carbons (Fsp3) is 0.0400. The Labute approximate surface area is 461 Å². The van der Waals surface area contributed by atoms with Gasteiger partial charge in [-0.05, 0) is 128 Å². The Hall–Kier alpha value is -9.70. The van der Waals surface area contributed by atoms with E-state index >= 15 is 0 Å². The van der Waals surface area contributed by atoms with Crippen molar-refractivity contribution in [2.75, 3.05) is 9.80 Å². The highest BCUT2D eigenvalue weighted by atomic mass is 15.2. The van der Waals surface area contributed by atoms with Crippen LogP contribution in [0.4, 0.5) is 34.1 Å². The lowest BCUT2D eigenvalue weighted by Gasteiger charge is -2.46. The molecule has 0 radical (unpaired) electrons. The van der Waals surface area contributed by atoms with Crippen LogP contribution in [0.1, 0.15) is 19.4 Å². The molecule has 0 spiro atoms. The highest BCUT2D eigenvalue weighted by Crippen LogP contribution is 2.54. The van der Waals surface area contributed by atoms with E-state index < -0.39 is 0 Å². The van der Waals surface area contributed by atoms with E-state index in [1.165, 1.54) is 38.6 Å². The summed E-state index contributed by atoms with van der Waals surface area (Å²) in [5, 5.41) is 0. The second-order valence-electron chi connectivity index (χ2n) is 20.8. The molecule has 0 bridgehead atoms. The van der Waals surface area contributed by atoms with E-state index in [2.05, 4.69) is 297 Å². The van der Waals surface area contributed by atoms with Crippen molar-refractivity contribution < 1.29 is 2.74 Å². The van der Waals surface area contributed by atoms with E-state index in [0.717, 1.165) is 106 Å². The fourth-order valence-corrected chi connectivity index (χ4v) is 12.7. The minimum atomic E-state index is -0.215. The molecule has 2 heterocycles. The number of benzene rings is 12. The van der Waals surface area contributed by atoms with Gasteiger partial charge in [0.15, 0.2) is 0 Å². The van der Waals surface area contributed by atoms with Crippen LogP contribution in [0.2, 0.25) is 0 Å². The maximum absolute atomic E-state index is 9.58. The summed E-state index contributed by atoms with van der Waals surface area (Å²) in [6.45, 7) is 6.48. The molecule has 2 aliphatic heterocycles. The van der Waals surface area contributed by atoms with E-state index in [0.29, 0.717) is 12.1 Å². The second kappa shape index (κ2) is 19.5. The first kappa shape index (κ1) is 44.6. The van der Waals surface area contributed by atoms with Crippen LogP contribution in [-0.2, 0) is 0 Å². The number of aryl methyl sites for hydroxylation is 3. The van der Waals surface area contributed by atoms with Crippen LogP contribution in [0.3, 0.4) is 0 Å². The molecule has 2 nitrogen and oxygen atoms in total. The molecule has 0 aliphatic carbocycles. The molecule has 0 aromatic heterocycles. The molecule has 0 atom stereocenters. The zero-order chi connectivity index (χ0) is 54.0. The lowest BCUT2D eigenvalue weighted by molar-refractivity contribution is 1.25. The minimum absolute atomic E-state index is 0.215. The van der Waals surface area contributed by atoms with Crippen LogP contribution < -0.4 is 26.2 Å². The van der Waals surface area contributed by atoms with Crippen molar-refractivity contribution in [2.24, 2.45) is 0 Å². The summed E-state index contributed by atoms with van der Waals surface area (Å²) in [6.07, 6.45) is 0.